The van der Waals surface area contributed by atoms with E-state index in [1.54, 1.807) is 0 Å². The predicted molar refractivity (Wildman–Crippen MR) is 211 cm³/mol. The van der Waals surface area contributed by atoms with Gasteiger partial charge in [0.1, 0.15) is 17.1 Å². The molecule has 0 heterocycles. The minimum Gasteiger partial charge on any atom is -0.488 e. The lowest BCUT2D eigenvalue weighted by atomic mass is 9.97. The number of hydrogen-bond donors (Lipinski definition) is 0. The molecule has 258 valence electrons. The van der Waals surface area contributed by atoms with E-state index >= 15 is 0 Å². The zero-order chi connectivity index (χ0) is 36.0. The number of ether oxygens (including phenoxy) is 2. The number of carbonyl (C=O) groups is 1. The SMILES string of the molecule is CCC(C)(C)Oc1ccc(N(c2ccccc2)c2ccc(-c3ccc(N(c4ccccc4)c4ccc(OC(=O)C(C)(C)C)cc4)cc3)cc2)cc1. The molecule has 0 aliphatic heterocycles. The summed E-state index contributed by atoms with van der Waals surface area (Å²) in [6.07, 6.45) is 0.928. The fraction of sp³-hybridized carbons (Fsp3) is 0.196. The van der Waals surface area contributed by atoms with Crippen molar-refractivity contribution in [3.8, 4) is 22.6 Å². The first-order valence-electron chi connectivity index (χ1n) is 17.5. The largest absolute Gasteiger partial charge is 0.488 e. The van der Waals surface area contributed by atoms with E-state index in [-0.39, 0.29) is 11.6 Å². The monoisotopic (exact) mass is 674 g/mol. The van der Waals surface area contributed by atoms with Crippen LogP contribution >= 0.6 is 0 Å². The number of anilines is 6. The van der Waals surface area contributed by atoms with Crippen molar-refractivity contribution in [3.05, 3.63) is 158 Å². The van der Waals surface area contributed by atoms with E-state index in [2.05, 4.69) is 128 Å². The Morgan fingerprint density at radius 2 is 0.804 bits per heavy atom. The maximum Gasteiger partial charge on any atom is 0.316 e. The van der Waals surface area contributed by atoms with Crippen LogP contribution in [0.15, 0.2) is 158 Å². The fourth-order valence-corrected chi connectivity index (χ4v) is 5.63. The summed E-state index contributed by atoms with van der Waals surface area (Å²) in [5.41, 5.74) is 7.67. The number of esters is 1. The molecule has 0 unspecified atom stereocenters. The van der Waals surface area contributed by atoms with Crippen LogP contribution in [0.5, 0.6) is 11.5 Å². The van der Waals surface area contributed by atoms with Crippen molar-refractivity contribution in [2.24, 2.45) is 5.41 Å². The third kappa shape index (κ3) is 8.50. The van der Waals surface area contributed by atoms with Gasteiger partial charge < -0.3 is 19.3 Å². The van der Waals surface area contributed by atoms with Crippen LogP contribution in [0.3, 0.4) is 0 Å². The number of carbonyl (C=O) groups excluding carboxylic acids is 1. The van der Waals surface area contributed by atoms with Crippen molar-refractivity contribution < 1.29 is 14.3 Å². The molecule has 0 N–H and O–H groups in total. The van der Waals surface area contributed by atoms with Gasteiger partial charge in [0, 0.05) is 34.1 Å². The van der Waals surface area contributed by atoms with E-state index in [9.17, 15) is 4.79 Å². The van der Waals surface area contributed by atoms with Crippen molar-refractivity contribution in [3.63, 3.8) is 0 Å². The predicted octanol–water partition coefficient (Wildman–Crippen LogP) is 12.8. The first-order valence-corrected chi connectivity index (χ1v) is 17.5. The minimum atomic E-state index is -0.578. The van der Waals surface area contributed by atoms with Crippen LogP contribution in [0.1, 0.15) is 48.0 Å². The summed E-state index contributed by atoms with van der Waals surface area (Å²) in [6, 6.07) is 54.0. The van der Waals surface area contributed by atoms with Crippen LogP contribution in [-0.4, -0.2) is 11.6 Å². The minimum absolute atomic E-state index is 0.218. The van der Waals surface area contributed by atoms with Crippen LogP contribution in [0, 0.1) is 5.41 Å². The van der Waals surface area contributed by atoms with E-state index < -0.39 is 5.41 Å². The third-order valence-electron chi connectivity index (χ3n) is 8.87. The lowest BCUT2D eigenvalue weighted by molar-refractivity contribution is -0.143. The van der Waals surface area contributed by atoms with E-state index in [1.165, 1.54) is 0 Å². The fourth-order valence-electron chi connectivity index (χ4n) is 5.63. The molecule has 6 rings (SSSR count). The molecule has 0 saturated carbocycles. The van der Waals surface area contributed by atoms with Gasteiger partial charge in [-0.1, -0.05) is 67.6 Å². The number of nitrogens with zero attached hydrogens (tertiary/aromatic N) is 2. The molecule has 0 spiro atoms. The van der Waals surface area contributed by atoms with Crippen molar-refractivity contribution >= 4 is 40.1 Å². The van der Waals surface area contributed by atoms with Gasteiger partial charge in [0.25, 0.3) is 0 Å². The summed E-state index contributed by atoms with van der Waals surface area (Å²) in [5, 5.41) is 0. The highest BCUT2D eigenvalue weighted by molar-refractivity contribution is 5.81. The molecule has 0 aromatic heterocycles. The van der Waals surface area contributed by atoms with E-state index in [4.69, 9.17) is 9.47 Å². The first-order chi connectivity index (χ1) is 24.5. The maximum absolute atomic E-state index is 12.4. The van der Waals surface area contributed by atoms with Crippen molar-refractivity contribution in [1.29, 1.82) is 0 Å². The Kier molecular flexibility index (Phi) is 10.3. The summed E-state index contributed by atoms with van der Waals surface area (Å²) in [7, 11) is 0. The maximum atomic E-state index is 12.4. The van der Waals surface area contributed by atoms with Crippen LogP contribution < -0.4 is 19.3 Å². The van der Waals surface area contributed by atoms with Gasteiger partial charge in [-0.3, -0.25) is 4.79 Å². The van der Waals surface area contributed by atoms with Crippen molar-refractivity contribution in [1.82, 2.24) is 0 Å². The second-order valence-corrected chi connectivity index (χ2v) is 14.3. The molecule has 6 aromatic rings. The zero-order valence-corrected chi connectivity index (χ0v) is 30.3. The lowest BCUT2D eigenvalue weighted by Crippen LogP contribution is -2.26. The van der Waals surface area contributed by atoms with Crippen molar-refractivity contribution in [2.75, 3.05) is 9.80 Å². The summed E-state index contributed by atoms with van der Waals surface area (Å²) in [4.78, 5) is 16.9. The third-order valence-corrected chi connectivity index (χ3v) is 8.87. The highest BCUT2D eigenvalue weighted by atomic mass is 16.5. The molecular weight excluding hydrogens is 629 g/mol. The number of hydrogen-bond acceptors (Lipinski definition) is 5. The molecule has 0 atom stereocenters. The molecular formula is C46H46N2O3. The molecule has 0 aliphatic carbocycles. The highest BCUT2D eigenvalue weighted by Gasteiger charge is 2.24. The van der Waals surface area contributed by atoms with Gasteiger partial charge in [-0.25, -0.2) is 0 Å². The van der Waals surface area contributed by atoms with Crippen LogP contribution in [-0.2, 0) is 4.79 Å². The summed E-state index contributed by atoms with van der Waals surface area (Å²) < 4.78 is 11.8. The molecule has 5 heteroatoms. The average molecular weight is 675 g/mol. The Bertz CT molecular complexity index is 2010. The highest BCUT2D eigenvalue weighted by Crippen LogP contribution is 2.39. The lowest BCUT2D eigenvalue weighted by Gasteiger charge is -2.27. The smallest absolute Gasteiger partial charge is 0.316 e. The average Bonchev–Trinajstić information content (AvgIpc) is 3.14. The second kappa shape index (κ2) is 15.0. The molecule has 0 amide bonds. The van der Waals surface area contributed by atoms with Gasteiger partial charge in [0.15, 0.2) is 0 Å². The second-order valence-electron chi connectivity index (χ2n) is 14.3. The Labute approximate surface area is 302 Å². The summed E-state index contributed by atoms with van der Waals surface area (Å²) in [5.74, 6) is 1.13. The molecule has 6 aromatic carbocycles. The van der Waals surface area contributed by atoms with Gasteiger partial charge in [0.2, 0.25) is 0 Å². The molecule has 5 nitrogen and oxygen atoms in total. The Morgan fingerprint density at radius 3 is 1.16 bits per heavy atom. The van der Waals surface area contributed by atoms with Gasteiger partial charge in [-0.2, -0.15) is 0 Å². The van der Waals surface area contributed by atoms with Gasteiger partial charge in [-0.05, 0) is 149 Å². The zero-order valence-electron chi connectivity index (χ0n) is 30.3. The molecule has 0 fully saturated rings. The molecule has 0 aliphatic rings. The van der Waals surface area contributed by atoms with E-state index in [0.29, 0.717) is 5.75 Å². The Hall–Kier alpha value is -5.81. The van der Waals surface area contributed by atoms with Gasteiger partial charge in [0.05, 0.1) is 5.41 Å². The molecule has 0 radical (unpaired) electrons. The number of para-hydroxylation sites is 2. The summed E-state index contributed by atoms with van der Waals surface area (Å²) >= 11 is 0. The Morgan fingerprint density at radius 1 is 0.471 bits per heavy atom. The van der Waals surface area contributed by atoms with E-state index in [0.717, 1.165) is 57.4 Å². The Balaban J connectivity index is 1.25. The standard InChI is InChI=1S/C46H46N2O3/c1-7-46(5,6)51-43-32-28-41(29-33-43)48(37-16-12-9-13-17-37)39-24-20-35(21-25-39)34-18-22-38(23-19-34)47(36-14-10-8-11-15-36)40-26-30-42(31-27-40)50-44(49)45(2,3)4/h8-33H,7H2,1-6H3. The van der Waals surface area contributed by atoms with E-state index in [1.807, 2.05) is 81.4 Å². The first kappa shape index (κ1) is 35.0. The van der Waals surface area contributed by atoms with Crippen molar-refractivity contribution in [2.45, 2.75) is 53.6 Å². The van der Waals surface area contributed by atoms with Gasteiger partial charge >= 0.3 is 5.97 Å². The topological polar surface area (TPSA) is 42.0 Å². The van der Waals surface area contributed by atoms with Gasteiger partial charge in [-0.15, -0.1) is 0 Å². The molecule has 0 saturated heterocycles. The molecule has 51 heavy (non-hydrogen) atoms. The molecule has 0 bridgehead atoms. The van der Waals surface area contributed by atoms with Crippen LogP contribution in [0.2, 0.25) is 0 Å². The quantitative estimate of drug-likeness (QED) is 0.101. The summed E-state index contributed by atoms with van der Waals surface area (Å²) in [6.45, 7) is 11.9. The van der Waals surface area contributed by atoms with Crippen LogP contribution in [0.25, 0.3) is 11.1 Å². The number of rotatable bonds is 11. The normalized spacial score (nSPS) is 11.5. The number of benzene rings is 6. The van der Waals surface area contributed by atoms with Crippen LogP contribution in [0.4, 0.5) is 34.1 Å².